The zero-order valence-corrected chi connectivity index (χ0v) is 21.6. The zero-order chi connectivity index (χ0) is 26.3. The van der Waals surface area contributed by atoms with Gasteiger partial charge in [0, 0.05) is 56.7 Å². The number of hydrogen-bond donors (Lipinski definition) is 1. The first-order chi connectivity index (χ1) is 18.6. The molecule has 5 rings (SSSR count). The SMILES string of the molecule is CNC(=O)c1ccc(N2CCN(C(=O)c3ccccc3)CC2)cc1N(Cc1ccccc1)c1ccccc1. The Bertz CT molecular complexity index is 1370. The first kappa shape index (κ1) is 25.1. The summed E-state index contributed by atoms with van der Waals surface area (Å²) in [5.41, 5.74) is 5.38. The van der Waals surface area contributed by atoms with Crippen LogP contribution in [0.15, 0.2) is 109 Å². The van der Waals surface area contributed by atoms with Crippen molar-refractivity contribution >= 4 is 28.9 Å². The third-order valence-electron chi connectivity index (χ3n) is 6.95. The standard InChI is InChI=1S/C32H32N4O2/c1-33-31(37)29-18-17-28(34-19-21-35(22-20-34)32(38)26-13-7-3-8-14-26)23-30(29)36(27-15-9-4-10-16-27)24-25-11-5-2-6-12-25/h2-18,23H,19-22,24H2,1H3,(H,33,37). The molecule has 38 heavy (non-hydrogen) atoms. The second-order valence-electron chi connectivity index (χ2n) is 9.33. The molecule has 0 radical (unpaired) electrons. The van der Waals surface area contributed by atoms with Crippen molar-refractivity contribution in [2.24, 2.45) is 0 Å². The van der Waals surface area contributed by atoms with Crippen molar-refractivity contribution in [1.29, 1.82) is 0 Å². The molecule has 1 saturated heterocycles. The zero-order valence-electron chi connectivity index (χ0n) is 21.6. The Kier molecular flexibility index (Phi) is 7.69. The molecule has 1 N–H and O–H groups in total. The number of piperazine rings is 1. The van der Waals surface area contributed by atoms with Crippen molar-refractivity contribution in [3.63, 3.8) is 0 Å². The summed E-state index contributed by atoms with van der Waals surface area (Å²) in [7, 11) is 1.66. The maximum atomic E-state index is 13.0. The van der Waals surface area contributed by atoms with Gasteiger partial charge < -0.3 is 20.0 Å². The van der Waals surface area contributed by atoms with Crippen LogP contribution >= 0.6 is 0 Å². The largest absolute Gasteiger partial charge is 0.368 e. The van der Waals surface area contributed by atoms with Crippen LogP contribution in [0.2, 0.25) is 0 Å². The Morgan fingerprint density at radius 2 is 1.37 bits per heavy atom. The van der Waals surface area contributed by atoms with Gasteiger partial charge in [0.05, 0.1) is 11.3 Å². The number of nitrogens with one attached hydrogen (secondary N) is 1. The highest BCUT2D eigenvalue weighted by molar-refractivity contribution is 6.01. The molecule has 1 fully saturated rings. The van der Waals surface area contributed by atoms with E-state index in [-0.39, 0.29) is 11.8 Å². The van der Waals surface area contributed by atoms with Crippen molar-refractivity contribution in [3.8, 4) is 0 Å². The fourth-order valence-corrected chi connectivity index (χ4v) is 4.89. The molecule has 0 spiro atoms. The van der Waals surface area contributed by atoms with Crippen LogP contribution in [0.25, 0.3) is 0 Å². The van der Waals surface area contributed by atoms with Gasteiger partial charge in [0.2, 0.25) is 0 Å². The molecule has 192 valence electrons. The molecule has 0 bridgehead atoms. The van der Waals surface area contributed by atoms with E-state index in [1.807, 2.05) is 83.8 Å². The van der Waals surface area contributed by atoms with Gasteiger partial charge in [-0.05, 0) is 48.0 Å². The van der Waals surface area contributed by atoms with Gasteiger partial charge in [0.25, 0.3) is 11.8 Å². The maximum absolute atomic E-state index is 13.0. The molecule has 2 amide bonds. The van der Waals surface area contributed by atoms with E-state index in [0.717, 1.165) is 41.3 Å². The minimum Gasteiger partial charge on any atom is -0.368 e. The Morgan fingerprint density at radius 3 is 2.00 bits per heavy atom. The van der Waals surface area contributed by atoms with Gasteiger partial charge in [-0.1, -0.05) is 66.7 Å². The fraction of sp³-hybridized carbons (Fsp3) is 0.188. The van der Waals surface area contributed by atoms with Gasteiger partial charge in [-0.15, -0.1) is 0 Å². The monoisotopic (exact) mass is 504 g/mol. The van der Waals surface area contributed by atoms with E-state index >= 15 is 0 Å². The Labute approximate surface area is 224 Å². The van der Waals surface area contributed by atoms with Crippen molar-refractivity contribution in [2.75, 3.05) is 43.0 Å². The summed E-state index contributed by atoms with van der Waals surface area (Å²) in [6.45, 7) is 3.36. The number of nitrogens with zero attached hydrogens (tertiary/aromatic N) is 3. The van der Waals surface area contributed by atoms with Gasteiger partial charge >= 0.3 is 0 Å². The molecule has 1 aliphatic heterocycles. The van der Waals surface area contributed by atoms with E-state index in [1.54, 1.807) is 7.05 Å². The average molecular weight is 505 g/mol. The lowest BCUT2D eigenvalue weighted by Crippen LogP contribution is -2.48. The first-order valence-electron chi connectivity index (χ1n) is 13.0. The van der Waals surface area contributed by atoms with Gasteiger partial charge in [-0.2, -0.15) is 0 Å². The molecule has 6 nitrogen and oxygen atoms in total. The van der Waals surface area contributed by atoms with Crippen LogP contribution in [0.5, 0.6) is 0 Å². The smallest absolute Gasteiger partial charge is 0.253 e. The van der Waals surface area contributed by atoms with Crippen molar-refractivity contribution in [3.05, 3.63) is 126 Å². The lowest BCUT2D eigenvalue weighted by molar-refractivity contribution is 0.0746. The van der Waals surface area contributed by atoms with Crippen molar-refractivity contribution < 1.29 is 9.59 Å². The summed E-state index contributed by atoms with van der Waals surface area (Å²) in [4.78, 5) is 32.3. The van der Waals surface area contributed by atoms with Crippen molar-refractivity contribution in [1.82, 2.24) is 10.2 Å². The Hall–Kier alpha value is -4.58. The van der Waals surface area contributed by atoms with Crippen LogP contribution in [0.3, 0.4) is 0 Å². The van der Waals surface area contributed by atoms with Crippen LogP contribution in [0.4, 0.5) is 17.1 Å². The van der Waals surface area contributed by atoms with Gasteiger partial charge in [-0.25, -0.2) is 0 Å². The number of rotatable bonds is 7. The highest BCUT2D eigenvalue weighted by atomic mass is 16.2. The minimum atomic E-state index is -0.126. The topological polar surface area (TPSA) is 55.9 Å². The minimum absolute atomic E-state index is 0.0685. The van der Waals surface area contributed by atoms with Crippen LogP contribution in [-0.2, 0) is 6.54 Å². The van der Waals surface area contributed by atoms with Crippen molar-refractivity contribution in [2.45, 2.75) is 6.54 Å². The number of carbonyl (C=O) groups is 2. The number of hydrogen-bond acceptors (Lipinski definition) is 4. The summed E-state index contributed by atoms with van der Waals surface area (Å²) in [6, 6.07) is 35.9. The summed E-state index contributed by atoms with van der Waals surface area (Å²) in [6.07, 6.45) is 0. The molecule has 1 aliphatic rings. The lowest BCUT2D eigenvalue weighted by Gasteiger charge is -2.37. The summed E-state index contributed by atoms with van der Waals surface area (Å²) in [5, 5.41) is 2.80. The molecule has 0 saturated carbocycles. The molecule has 6 heteroatoms. The molecular weight excluding hydrogens is 472 g/mol. The predicted octanol–water partition coefficient (Wildman–Crippen LogP) is 5.35. The number of anilines is 3. The molecule has 4 aromatic rings. The average Bonchev–Trinajstić information content (AvgIpc) is 3.00. The molecule has 0 unspecified atom stereocenters. The molecule has 0 aliphatic carbocycles. The van der Waals surface area contributed by atoms with Crippen LogP contribution in [0.1, 0.15) is 26.3 Å². The lowest BCUT2D eigenvalue weighted by atomic mass is 10.1. The second-order valence-corrected chi connectivity index (χ2v) is 9.33. The summed E-state index contributed by atoms with van der Waals surface area (Å²) >= 11 is 0. The third-order valence-corrected chi connectivity index (χ3v) is 6.95. The molecule has 0 aromatic heterocycles. The number of amides is 2. The number of para-hydroxylation sites is 1. The fourth-order valence-electron chi connectivity index (χ4n) is 4.89. The van der Waals surface area contributed by atoms with Crippen LogP contribution < -0.4 is 15.1 Å². The maximum Gasteiger partial charge on any atom is 0.253 e. The third kappa shape index (κ3) is 5.54. The van der Waals surface area contributed by atoms with E-state index in [4.69, 9.17) is 0 Å². The summed E-state index contributed by atoms with van der Waals surface area (Å²) in [5.74, 6) is -0.0576. The second kappa shape index (κ2) is 11.6. The molecule has 0 atom stereocenters. The van der Waals surface area contributed by atoms with Gasteiger partial charge in [0.15, 0.2) is 0 Å². The first-order valence-corrected chi connectivity index (χ1v) is 13.0. The van der Waals surface area contributed by atoms with E-state index in [9.17, 15) is 9.59 Å². The van der Waals surface area contributed by atoms with E-state index in [0.29, 0.717) is 25.2 Å². The Balaban J connectivity index is 1.45. The highest BCUT2D eigenvalue weighted by Crippen LogP contribution is 2.34. The van der Waals surface area contributed by atoms with Gasteiger partial charge in [-0.3, -0.25) is 9.59 Å². The van der Waals surface area contributed by atoms with E-state index in [2.05, 4.69) is 45.4 Å². The normalized spacial score (nSPS) is 13.2. The number of carbonyl (C=O) groups excluding carboxylic acids is 2. The van der Waals surface area contributed by atoms with E-state index < -0.39 is 0 Å². The van der Waals surface area contributed by atoms with E-state index in [1.165, 1.54) is 0 Å². The quantitative estimate of drug-likeness (QED) is 0.369. The summed E-state index contributed by atoms with van der Waals surface area (Å²) < 4.78 is 0. The molecular formula is C32H32N4O2. The Morgan fingerprint density at radius 1 is 0.763 bits per heavy atom. The predicted molar refractivity (Wildman–Crippen MR) is 153 cm³/mol. The molecule has 1 heterocycles. The highest BCUT2D eigenvalue weighted by Gasteiger charge is 2.24. The molecule has 4 aromatic carbocycles. The number of benzene rings is 4. The van der Waals surface area contributed by atoms with Crippen LogP contribution in [0, 0.1) is 0 Å². The van der Waals surface area contributed by atoms with Crippen LogP contribution in [-0.4, -0.2) is 49.9 Å². The van der Waals surface area contributed by atoms with Gasteiger partial charge in [0.1, 0.15) is 0 Å².